The van der Waals surface area contributed by atoms with E-state index in [4.69, 9.17) is 19.3 Å². The summed E-state index contributed by atoms with van der Waals surface area (Å²) in [5.74, 6) is 2.13. The van der Waals surface area contributed by atoms with Crippen molar-refractivity contribution in [1.29, 1.82) is 0 Å². The number of para-hydroxylation sites is 1. The smallest absolute Gasteiger partial charge is 0.233 e. The molecule has 6 rings (SSSR count). The fourth-order valence-electron chi connectivity index (χ4n) is 4.72. The minimum atomic E-state index is -0.0933. The molecule has 4 heterocycles. The van der Waals surface area contributed by atoms with E-state index < -0.39 is 0 Å². The predicted molar refractivity (Wildman–Crippen MR) is 134 cm³/mol. The molecule has 0 N–H and O–H groups in total. The standard InChI is InChI=1S/C26H28N4O4S/c31-24-18-35-26(29(24)9-8-28-10-12-32-13-11-28)21-17-30(20-4-2-1-3-5-20)27-25(21)19-6-7-22-23(16-19)34-15-14-33-22/h1-7,16-17,26H,8-15,18H2/t26-/m1/s1. The Kier molecular flexibility index (Phi) is 6.37. The Hall–Kier alpha value is -3.01. The lowest BCUT2D eigenvalue weighted by atomic mass is 10.1. The molecule has 1 amide bonds. The lowest BCUT2D eigenvalue weighted by molar-refractivity contribution is -0.128. The lowest BCUT2D eigenvalue weighted by Crippen LogP contribution is -2.42. The van der Waals surface area contributed by atoms with Crippen molar-refractivity contribution >= 4 is 17.7 Å². The van der Waals surface area contributed by atoms with Crippen LogP contribution in [0, 0.1) is 0 Å². The molecule has 3 aliphatic heterocycles. The molecule has 9 heteroatoms. The summed E-state index contributed by atoms with van der Waals surface area (Å²) in [6, 6.07) is 16.0. The summed E-state index contributed by atoms with van der Waals surface area (Å²) >= 11 is 1.67. The van der Waals surface area contributed by atoms with Crippen LogP contribution in [0.5, 0.6) is 11.5 Å². The van der Waals surface area contributed by atoms with Crippen LogP contribution < -0.4 is 9.47 Å². The van der Waals surface area contributed by atoms with Gasteiger partial charge in [-0.15, -0.1) is 11.8 Å². The summed E-state index contributed by atoms with van der Waals surface area (Å²) in [6.07, 6.45) is 2.07. The molecule has 3 aliphatic rings. The second-order valence-electron chi connectivity index (χ2n) is 8.78. The topological polar surface area (TPSA) is 69.1 Å². The first-order valence-corrected chi connectivity index (χ1v) is 13.1. The van der Waals surface area contributed by atoms with E-state index in [1.54, 1.807) is 11.8 Å². The molecule has 1 aromatic heterocycles. The molecule has 8 nitrogen and oxygen atoms in total. The monoisotopic (exact) mass is 492 g/mol. The first kappa shape index (κ1) is 22.5. The summed E-state index contributed by atoms with van der Waals surface area (Å²) in [5.41, 5.74) is 3.82. The van der Waals surface area contributed by atoms with Crippen LogP contribution >= 0.6 is 11.8 Å². The van der Waals surface area contributed by atoms with Crippen LogP contribution in [0.2, 0.25) is 0 Å². The number of aromatic nitrogens is 2. The molecule has 2 fully saturated rings. The molecule has 0 radical (unpaired) electrons. The Bertz CT molecular complexity index is 1200. The van der Waals surface area contributed by atoms with Gasteiger partial charge in [-0.1, -0.05) is 18.2 Å². The maximum atomic E-state index is 12.9. The van der Waals surface area contributed by atoms with Crippen molar-refractivity contribution in [1.82, 2.24) is 19.6 Å². The van der Waals surface area contributed by atoms with E-state index in [-0.39, 0.29) is 11.3 Å². The molecule has 35 heavy (non-hydrogen) atoms. The maximum Gasteiger partial charge on any atom is 0.233 e. The van der Waals surface area contributed by atoms with Crippen LogP contribution in [-0.2, 0) is 9.53 Å². The van der Waals surface area contributed by atoms with Crippen molar-refractivity contribution in [2.24, 2.45) is 0 Å². The first-order chi connectivity index (χ1) is 17.3. The minimum Gasteiger partial charge on any atom is -0.486 e. The molecule has 0 spiro atoms. The zero-order valence-corrected chi connectivity index (χ0v) is 20.3. The third-order valence-electron chi connectivity index (χ3n) is 6.57. The third-order valence-corrected chi connectivity index (χ3v) is 7.81. The van der Waals surface area contributed by atoms with Gasteiger partial charge in [0.25, 0.3) is 0 Å². The molecular weight excluding hydrogens is 464 g/mol. The molecule has 1 atom stereocenters. The Balaban J connectivity index is 1.35. The molecule has 0 aliphatic carbocycles. The average molecular weight is 493 g/mol. The molecule has 182 valence electrons. The van der Waals surface area contributed by atoms with E-state index >= 15 is 0 Å². The summed E-state index contributed by atoms with van der Waals surface area (Å²) in [4.78, 5) is 17.3. The summed E-state index contributed by atoms with van der Waals surface area (Å²) in [7, 11) is 0. The van der Waals surface area contributed by atoms with Gasteiger partial charge in [-0.05, 0) is 30.3 Å². The zero-order valence-electron chi connectivity index (χ0n) is 19.5. The third kappa shape index (κ3) is 4.63. The zero-order chi connectivity index (χ0) is 23.6. The van der Waals surface area contributed by atoms with Crippen LogP contribution in [0.15, 0.2) is 54.7 Å². The quantitative estimate of drug-likeness (QED) is 0.523. The van der Waals surface area contributed by atoms with Crippen LogP contribution in [0.3, 0.4) is 0 Å². The normalized spacial score (nSPS) is 20.4. The van der Waals surface area contributed by atoms with Crippen molar-refractivity contribution in [2.75, 3.05) is 58.4 Å². The van der Waals surface area contributed by atoms with Gasteiger partial charge in [0.1, 0.15) is 18.6 Å². The van der Waals surface area contributed by atoms with E-state index in [1.165, 1.54) is 0 Å². The number of carbonyl (C=O) groups excluding carboxylic acids is 1. The van der Waals surface area contributed by atoms with Gasteiger partial charge in [-0.2, -0.15) is 5.10 Å². The molecule has 2 aromatic carbocycles. The fraction of sp³-hybridized carbons (Fsp3) is 0.385. The Morgan fingerprint density at radius 2 is 1.74 bits per heavy atom. The highest BCUT2D eigenvalue weighted by Gasteiger charge is 2.36. The number of benzene rings is 2. The van der Waals surface area contributed by atoms with Crippen molar-refractivity contribution in [3.63, 3.8) is 0 Å². The fourth-order valence-corrected chi connectivity index (χ4v) is 5.94. The van der Waals surface area contributed by atoms with E-state index in [9.17, 15) is 4.79 Å². The van der Waals surface area contributed by atoms with Gasteiger partial charge in [0.15, 0.2) is 11.5 Å². The lowest BCUT2D eigenvalue weighted by Gasteiger charge is -2.30. The van der Waals surface area contributed by atoms with Gasteiger partial charge >= 0.3 is 0 Å². The molecule has 0 bridgehead atoms. The van der Waals surface area contributed by atoms with Gasteiger partial charge in [-0.3, -0.25) is 9.69 Å². The Morgan fingerprint density at radius 3 is 2.57 bits per heavy atom. The minimum absolute atomic E-state index is 0.0933. The van der Waals surface area contributed by atoms with E-state index in [0.717, 1.165) is 66.9 Å². The van der Waals surface area contributed by atoms with Crippen LogP contribution in [0.25, 0.3) is 16.9 Å². The summed E-state index contributed by atoms with van der Waals surface area (Å²) in [6.45, 7) is 5.95. The number of fused-ring (bicyclic) bond motifs is 1. The van der Waals surface area contributed by atoms with Crippen molar-refractivity contribution in [2.45, 2.75) is 5.37 Å². The van der Waals surface area contributed by atoms with Crippen LogP contribution in [-0.4, -0.2) is 83.8 Å². The van der Waals surface area contributed by atoms with Crippen LogP contribution in [0.4, 0.5) is 0 Å². The van der Waals surface area contributed by atoms with Crippen molar-refractivity contribution in [3.8, 4) is 28.4 Å². The van der Waals surface area contributed by atoms with E-state index in [1.807, 2.05) is 58.1 Å². The number of morpholine rings is 1. The van der Waals surface area contributed by atoms with Gasteiger partial charge in [0, 0.05) is 43.5 Å². The number of hydrogen-bond acceptors (Lipinski definition) is 7. The highest BCUT2D eigenvalue weighted by Crippen LogP contribution is 2.44. The Morgan fingerprint density at radius 1 is 0.943 bits per heavy atom. The number of ether oxygens (including phenoxy) is 3. The largest absolute Gasteiger partial charge is 0.486 e. The molecule has 2 saturated heterocycles. The molecule has 0 unspecified atom stereocenters. The van der Waals surface area contributed by atoms with E-state index in [0.29, 0.717) is 25.5 Å². The number of rotatable bonds is 6. The highest BCUT2D eigenvalue weighted by molar-refractivity contribution is 8.00. The number of nitrogens with zero attached hydrogens (tertiary/aromatic N) is 4. The van der Waals surface area contributed by atoms with Crippen LogP contribution in [0.1, 0.15) is 10.9 Å². The second-order valence-corrected chi connectivity index (χ2v) is 9.84. The SMILES string of the molecule is O=C1CS[C@H](c2cn(-c3ccccc3)nc2-c2ccc3c(c2)OCCO3)N1CCN1CCOCC1. The maximum absolute atomic E-state index is 12.9. The van der Waals surface area contributed by atoms with Crippen molar-refractivity contribution in [3.05, 3.63) is 60.3 Å². The second kappa shape index (κ2) is 9.93. The number of carbonyl (C=O) groups is 1. The number of hydrogen-bond donors (Lipinski definition) is 0. The van der Waals surface area contributed by atoms with Gasteiger partial charge < -0.3 is 19.1 Å². The summed E-state index contributed by atoms with van der Waals surface area (Å²) < 4.78 is 18.9. The summed E-state index contributed by atoms with van der Waals surface area (Å²) in [5, 5.41) is 4.90. The first-order valence-electron chi connectivity index (χ1n) is 12.0. The van der Waals surface area contributed by atoms with Gasteiger partial charge in [-0.25, -0.2) is 4.68 Å². The van der Waals surface area contributed by atoms with Crippen molar-refractivity contribution < 1.29 is 19.0 Å². The molecule has 3 aromatic rings. The Labute approximate surface area is 208 Å². The van der Waals surface area contributed by atoms with E-state index in [2.05, 4.69) is 11.1 Å². The highest BCUT2D eigenvalue weighted by atomic mass is 32.2. The van der Waals surface area contributed by atoms with Gasteiger partial charge in [0.2, 0.25) is 5.91 Å². The predicted octanol–water partition coefficient (Wildman–Crippen LogP) is 3.22. The number of thioether (sulfide) groups is 1. The molecule has 0 saturated carbocycles. The van der Waals surface area contributed by atoms with Gasteiger partial charge in [0.05, 0.1) is 30.3 Å². The average Bonchev–Trinajstić information content (AvgIpc) is 3.52. The molecular formula is C26H28N4O4S. The number of amides is 1.